The number of anilines is 1. The minimum Gasteiger partial charge on any atom is -0.353 e. The van der Waals surface area contributed by atoms with Crippen LogP contribution in [0.3, 0.4) is 0 Å². The van der Waals surface area contributed by atoms with Gasteiger partial charge in [0.1, 0.15) is 6.04 Å². The van der Waals surface area contributed by atoms with Crippen LogP contribution >= 0.6 is 0 Å². The van der Waals surface area contributed by atoms with Crippen LogP contribution in [0.4, 0.5) is 5.95 Å². The summed E-state index contributed by atoms with van der Waals surface area (Å²) in [7, 11) is 1.96. The third-order valence-corrected chi connectivity index (χ3v) is 4.38. The molecule has 140 valence electrons. The standard InChI is InChI=1S/C21H25N5O/c1-15-12-16(2)24-21(23-15)25-19(13-17-8-5-4-6-9-17)20(27)22-14-18-10-7-11-26(18)3/h4-12,19H,13-14H2,1-3H3,(H,22,27)(H,23,24,25)/t19-/m0/s1. The number of hydrogen-bond donors (Lipinski definition) is 2. The van der Waals surface area contributed by atoms with Crippen LogP contribution < -0.4 is 10.6 Å². The summed E-state index contributed by atoms with van der Waals surface area (Å²) < 4.78 is 1.99. The van der Waals surface area contributed by atoms with Gasteiger partial charge in [-0.15, -0.1) is 0 Å². The predicted octanol–water partition coefficient (Wildman–Crippen LogP) is 2.77. The number of aromatic nitrogens is 3. The summed E-state index contributed by atoms with van der Waals surface area (Å²) in [6.45, 7) is 4.31. The second kappa shape index (κ2) is 8.49. The van der Waals surface area contributed by atoms with E-state index in [0.29, 0.717) is 18.9 Å². The van der Waals surface area contributed by atoms with Gasteiger partial charge in [0.15, 0.2) is 0 Å². The Balaban J connectivity index is 1.75. The van der Waals surface area contributed by atoms with Crippen molar-refractivity contribution < 1.29 is 4.79 Å². The van der Waals surface area contributed by atoms with Gasteiger partial charge in [-0.25, -0.2) is 9.97 Å². The van der Waals surface area contributed by atoms with E-state index in [1.807, 2.05) is 80.2 Å². The second-order valence-corrected chi connectivity index (χ2v) is 6.69. The summed E-state index contributed by atoms with van der Waals surface area (Å²) in [6.07, 6.45) is 2.51. The molecule has 2 N–H and O–H groups in total. The van der Waals surface area contributed by atoms with Crippen molar-refractivity contribution in [1.82, 2.24) is 19.9 Å². The molecule has 6 heteroatoms. The Bertz CT molecular complexity index is 884. The highest BCUT2D eigenvalue weighted by Gasteiger charge is 2.20. The van der Waals surface area contributed by atoms with Crippen LogP contribution in [0.2, 0.25) is 0 Å². The Morgan fingerprint density at radius 3 is 2.41 bits per heavy atom. The first-order valence-corrected chi connectivity index (χ1v) is 9.02. The Hall–Kier alpha value is -3.15. The molecule has 0 radical (unpaired) electrons. The first-order chi connectivity index (χ1) is 13.0. The molecule has 1 atom stereocenters. The van der Waals surface area contributed by atoms with E-state index >= 15 is 0 Å². The van der Waals surface area contributed by atoms with Crippen LogP contribution in [-0.4, -0.2) is 26.5 Å². The van der Waals surface area contributed by atoms with Crippen molar-refractivity contribution in [3.63, 3.8) is 0 Å². The molecule has 3 aromatic rings. The molecule has 0 unspecified atom stereocenters. The van der Waals surface area contributed by atoms with Crippen LogP contribution in [-0.2, 0) is 24.8 Å². The SMILES string of the molecule is Cc1cc(C)nc(N[C@@H](Cc2ccccc2)C(=O)NCc2cccn2C)n1. The highest BCUT2D eigenvalue weighted by molar-refractivity contribution is 5.84. The Labute approximate surface area is 159 Å². The van der Waals surface area contributed by atoms with Crippen LogP contribution in [0.5, 0.6) is 0 Å². The van der Waals surface area contributed by atoms with Crippen molar-refractivity contribution >= 4 is 11.9 Å². The third-order valence-electron chi connectivity index (χ3n) is 4.38. The fourth-order valence-electron chi connectivity index (χ4n) is 2.99. The van der Waals surface area contributed by atoms with Crippen molar-refractivity contribution in [2.24, 2.45) is 7.05 Å². The summed E-state index contributed by atoms with van der Waals surface area (Å²) >= 11 is 0. The highest BCUT2D eigenvalue weighted by Crippen LogP contribution is 2.10. The van der Waals surface area contributed by atoms with Crippen LogP contribution in [0.25, 0.3) is 0 Å². The van der Waals surface area contributed by atoms with Gasteiger partial charge >= 0.3 is 0 Å². The normalized spacial score (nSPS) is 11.8. The molecule has 0 saturated carbocycles. The van der Waals surface area contributed by atoms with Gasteiger partial charge in [-0.2, -0.15) is 0 Å². The first kappa shape index (κ1) is 18.6. The van der Waals surface area contributed by atoms with Crippen LogP contribution in [0.1, 0.15) is 22.6 Å². The lowest BCUT2D eigenvalue weighted by Crippen LogP contribution is -2.41. The zero-order valence-corrected chi connectivity index (χ0v) is 15.9. The van der Waals surface area contributed by atoms with Gasteiger partial charge in [-0.05, 0) is 37.6 Å². The smallest absolute Gasteiger partial charge is 0.243 e. The molecule has 2 heterocycles. The monoisotopic (exact) mass is 363 g/mol. The fourth-order valence-corrected chi connectivity index (χ4v) is 2.99. The maximum atomic E-state index is 12.9. The maximum Gasteiger partial charge on any atom is 0.243 e. The summed E-state index contributed by atoms with van der Waals surface area (Å²) in [5.41, 5.74) is 3.86. The lowest BCUT2D eigenvalue weighted by atomic mass is 10.1. The molecule has 3 rings (SSSR count). The van der Waals surface area contributed by atoms with Gasteiger partial charge in [0, 0.05) is 36.7 Å². The lowest BCUT2D eigenvalue weighted by Gasteiger charge is -2.19. The van der Waals surface area contributed by atoms with Crippen LogP contribution in [0, 0.1) is 13.8 Å². The van der Waals surface area contributed by atoms with Crippen molar-refractivity contribution in [3.8, 4) is 0 Å². The number of benzene rings is 1. The molecular weight excluding hydrogens is 338 g/mol. The topological polar surface area (TPSA) is 71.8 Å². The molecule has 0 aliphatic carbocycles. The average molecular weight is 363 g/mol. The molecule has 0 aliphatic heterocycles. The molecule has 0 spiro atoms. The van der Waals surface area contributed by atoms with Gasteiger partial charge in [-0.3, -0.25) is 4.79 Å². The first-order valence-electron chi connectivity index (χ1n) is 9.02. The number of carbonyl (C=O) groups excluding carboxylic acids is 1. The van der Waals surface area contributed by atoms with Gasteiger partial charge < -0.3 is 15.2 Å². The molecule has 0 saturated heterocycles. The molecule has 0 fully saturated rings. The molecule has 1 aromatic carbocycles. The summed E-state index contributed by atoms with van der Waals surface area (Å²) in [5.74, 6) is 0.394. The maximum absolute atomic E-state index is 12.9. The van der Waals surface area contributed by atoms with E-state index in [1.54, 1.807) is 0 Å². The molecule has 27 heavy (non-hydrogen) atoms. The zero-order valence-electron chi connectivity index (χ0n) is 15.9. The Morgan fingerprint density at radius 1 is 1.07 bits per heavy atom. The van der Waals surface area contributed by atoms with E-state index in [9.17, 15) is 4.79 Å². The summed E-state index contributed by atoms with van der Waals surface area (Å²) in [6, 6.07) is 15.3. The van der Waals surface area contributed by atoms with E-state index in [0.717, 1.165) is 22.6 Å². The molecular formula is C21H25N5O. The fraction of sp³-hybridized carbons (Fsp3) is 0.286. The van der Waals surface area contributed by atoms with E-state index in [2.05, 4.69) is 20.6 Å². The largest absolute Gasteiger partial charge is 0.353 e. The number of nitrogens with one attached hydrogen (secondary N) is 2. The molecule has 0 bridgehead atoms. The number of amides is 1. The van der Waals surface area contributed by atoms with E-state index in [4.69, 9.17) is 0 Å². The van der Waals surface area contributed by atoms with Gasteiger partial charge in [0.2, 0.25) is 11.9 Å². The van der Waals surface area contributed by atoms with Gasteiger partial charge in [0.05, 0.1) is 6.54 Å². The minimum atomic E-state index is -0.464. The summed E-state index contributed by atoms with van der Waals surface area (Å²) in [5, 5.41) is 6.23. The highest BCUT2D eigenvalue weighted by atomic mass is 16.2. The number of carbonyl (C=O) groups is 1. The predicted molar refractivity (Wildman–Crippen MR) is 106 cm³/mol. The number of nitrogens with zero attached hydrogens (tertiary/aromatic N) is 3. The zero-order chi connectivity index (χ0) is 19.2. The summed E-state index contributed by atoms with van der Waals surface area (Å²) in [4.78, 5) is 21.7. The number of rotatable bonds is 7. The minimum absolute atomic E-state index is 0.0807. The van der Waals surface area contributed by atoms with Crippen molar-refractivity contribution in [2.75, 3.05) is 5.32 Å². The molecule has 2 aromatic heterocycles. The quantitative estimate of drug-likeness (QED) is 0.677. The van der Waals surface area contributed by atoms with E-state index < -0.39 is 6.04 Å². The van der Waals surface area contributed by atoms with Crippen molar-refractivity contribution in [3.05, 3.63) is 77.4 Å². The van der Waals surface area contributed by atoms with Gasteiger partial charge in [-0.1, -0.05) is 30.3 Å². The Kier molecular flexibility index (Phi) is 5.86. The van der Waals surface area contributed by atoms with E-state index in [-0.39, 0.29) is 5.91 Å². The number of aryl methyl sites for hydroxylation is 3. The third kappa shape index (κ3) is 5.17. The average Bonchev–Trinajstić information content (AvgIpc) is 3.04. The number of hydrogen-bond acceptors (Lipinski definition) is 4. The van der Waals surface area contributed by atoms with E-state index in [1.165, 1.54) is 0 Å². The van der Waals surface area contributed by atoms with Crippen molar-refractivity contribution in [1.29, 1.82) is 0 Å². The van der Waals surface area contributed by atoms with Crippen molar-refractivity contribution in [2.45, 2.75) is 32.9 Å². The second-order valence-electron chi connectivity index (χ2n) is 6.69. The molecule has 0 aliphatic rings. The van der Waals surface area contributed by atoms with Crippen LogP contribution in [0.15, 0.2) is 54.7 Å². The lowest BCUT2D eigenvalue weighted by molar-refractivity contribution is -0.122. The Morgan fingerprint density at radius 2 is 1.78 bits per heavy atom. The molecule has 6 nitrogen and oxygen atoms in total. The molecule has 1 amide bonds. The van der Waals surface area contributed by atoms with Gasteiger partial charge in [0.25, 0.3) is 0 Å².